The van der Waals surface area contributed by atoms with Crippen molar-refractivity contribution in [1.29, 1.82) is 0 Å². The zero-order valence-corrected chi connectivity index (χ0v) is 18.0. The third kappa shape index (κ3) is 5.16. The van der Waals surface area contributed by atoms with Gasteiger partial charge in [0, 0.05) is 43.0 Å². The highest BCUT2D eigenvalue weighted by Gasteiger charge is 2.36. The molecule has 1 saturated heterocycles. The van der Waals surface area contributed by atoms with Crippen LogP contribution in [-0.2, 0) is 9.59 Å². The monoisotopic (exact) mass is 423 g/mol. The van der Waals surface area contributed by atoms with E-state index in [1.165, 1.54) is 0 Å². The number of carbonyl (C=O) groups is 2. The number of aryl methyl sites for hydroxylation is 1. The minimum absolute atomic E-state index is 0.0314. The van der Waals surface area contributed by atoms with Crippen molar-refractivity contribution in [1.82, 2.24) is 10.3 Å². The van der Waals surface area contributed by atoms with E-state index in [2.05, 4.69) is 10.3 Å². The largest absolute Gasteiger partial charge is 0.497 e. The number of hydrogen-bond donors (Lipinski definition) is 1. The Morgan fingerprint density at radius 3 is 2.68 bits per heavy atom. The Kier molecular flexibility index (Phi) is 6.39. The Bertz CT molecular complexity index is 923. The summed E-state index contributed by atoms with van der Waals surface area (Å²) in [6.45, 7) is 2.40. The summed E-state index contributed by atoms with van der Waals surface area (Å²) in [5.41, 5.74) is 1.87. The van der Waals surface area contributed by atoms with Gasteiger partial charge < -0.3 is 19.7 Å². The Hall–Kier alpha value is -3.09. The highest BCUT2D eigenvalue weighted by molar-refractivity contribution is 6.00. The minimum Gasteiger partial charge on any atom is -0.497 e. The molecule has 7 nitrogen and oxygen atoms in total. The normalized spacial score (nSPS) is 23.5. The van der Waals surface area contributed by atoms with Crippen LogP contribution in [0, 0.1) is 12.8 Å². The van der Waals surface area contributed by atoms with E-state index in [1.54, 1.807) is 18.2 Å². The third-order valence-corrected chi connectivity index (χ3v) is 6.05. The SMILES string of the molecule is COc1cccc(N2CC(C(=O)NC3CCC(Oc4ccc(C)cn4)CC3)CC2=O)c1. The van der Waals surface area contributed by atoms with E-state index in [0.717, 1.165) is 36.9 Å². The average Bonchev–Trinajstić information content (AvgIpc) is 3.18. The lowest BCUT2D eigenvalue weighted by molar-refractivity contribution is -0.127. The fourth-order valence-electron chi connectivity index (χ4n) is 4.25. The summed E-state index contributed by atoms with van der Waals surface area (Å²) in [6.07, 6.45) is 5.64. The van der Waals surface area contributed by atoms with Crippen molar-refractivity contribution in [2.75, 3.05) is 18.6 Å². The molecular formula is C24H29N3O4. The number of amides is 2. The number of ether oxygens (including phenoxy) is 2. The lowest BCUT2D eigenvalue weighted by atomic mass is 9.92. The van der Waals surface area contributed by atoms with Crippen LogP contribution < -0.4 is 19.7 Å². The first-order valence-corrected chi connectivity index (χ1v) is 10.9. The summed E-state index contributed by atoms with van der Waals surface area (Å²) >= 11 is 0. The second-order valence-corrected chi connectivity index (χ2v) is 8.38. The molecule has 1 aliphatic heterocycles. The molecule has 1 saturated carbocycles. The zero-order valence-electron chi connectivity index (χ0n) is 18.0. The molecule has 7 heteroatoms. The molecule has 2 amide bonds. The van der Waals surface area contributed by atoms with Crippen molar-refractivity contribution in [2.24, 2.45) is 5.92 Å². The van der Waals surface area contributed by atoms with E-state index in [0.29, 0.717) is 18.2 Å². The number of rotatable bonds is 6. The number of pyridine rings is 1. The molecule has 1 atom stereocenters. The Labute approximate surface area is 182 Å². The lowest BCUT2D eigenvalue weighted by Gasteiger charge is -2.29. The van der Waals surface area contributed by atoms with Gasteiger partial charge in [-0.15, -0.1) is 0 Å². The first kappa shape index (κ1) is 21.2. The second-order valence-electron chi connectivity index (χ2n) is 8.38. The maximum Gasteiger partial charge on any atom is 0.227 e. The van der Waals surface area contributed by atoms with Crippen LogP contribution in [0.15, 0.2) is 42.6 Å². The summed E-state index contributed by atoms with van der Waals surface area (Å²) in [7, 11) is 1.60. The third-order valence-electron chi connectivity index (χ3n) is 6.05. The fraction of sp³-hybridized carbons (Fsp3) is 0.458. The smallest absolute Gasteiger partial charge is 0.227 e. The first-order chi connectivity index (χ1) is 15.0. The molecule has 1 aromatic carbocycles. The van der Waals surface area contributed by atoms with Gasteiger partial charge in [0.25, 0.3) is 0 Å². The summed E-state index contributed by atoms with van der Waals surface area (Å²) in [5.74, 6) is 0.946. The van der Waals surface area contributed by atoms with Gasteiger partial charge in [0.1, 0.15) is 11.9 Å². The van der Waals surface area contributed by atoms with E-state index in [4.69, 9.17) is 9.47 Å². The number of nitrogens with zero attached hydrogens (tertiary/aromatic N) is 2. The standard InChI is InChI=1S/C24H29N3O4/c1-16-6-11-22(25-14-16)31-20-9-7-18(8-10-20)26-24(29)17-12-23(28)27(15-17)19-4-3-5-21(13-19)30-2/h3-6,11,13-14,17-18,20H,7-10,12,15H2,1-2H3,(H,26,29). The van der Waals surface area contributed by atoms with E-state index >= 15 is 0 Å². The Morgan fingerprint density at radius 2 is 1.97 bits per heavy atom. The number of hydrogen-bond acceptors (Lipinski definition) is 5. The quantitative estimate of drug-likeness (QED) is 0.771. The molecule has 2 heterocycles. The molecule has 4 rings (SSSR count). The average molecular weight is 424 g/mol. The van der Waals surface area contributed by atoms with Gasteiger partial charge in [0.05, 0.1) is 13.0 Å². The summed E-state index contributed by atoms with van der Waals surface area (Å²) in [6, 6.07) is 11.4. The summed E-state index contributed by atoms with van der Waals surface area (Å²) in [5, 5.41) is 3.15. The molecular weight excluding hydrogens is 394 g/mol. The second kappa shape index (κ2) is 9.37. The maximum atomic E-state index is 12.8. The van der Waals surface area contributed by atoms with Gasteiger partial charge in [-0.05, 0) is 50.3 Å². The number of carbonyl (C=O) groups excluding carboxylic acids is 2. The molecule has 1 N–H and O–H groups in total. The van der Waals surface area contributed by atoms with Gasteiger partial charge in [-0.25, -0.2) is 4.98 Å². The molecule has 2 aromatic rings. The van der Waals surface area contributed by atoms with Crippen molar-refractivity contribution in [2.45, 2.75) is 51.2 Å². The zero-order chi connectivity index (χ0) is 21.8. The van der Waals surface area contributed by atoms with E-state index in [1.807, 2.05) is 43.3 Å². The lowest BCUT2D eigenvalue weighted by Crippen LogP contribution is -2.43. The molecule has 1 aliphatic carbocycles. The highest BCUT2D eigenvalue weighted by atomic mass is 16.5. The number of methoxy groups -OCH3 is 1. The fourth-order valence-corrected chi connectivity index (χ4v) is 4.25. The molecule has 31 heavy (non-hydrogen) atoms. The van der Waals surface area contributed by atoms with Crippen LogP contribution in [0.1, 0.15) is 37.7 Å². The van der Waals surface area contributed by atoms with Crippen molar-refractivity contribution >= 4 is 17.5 Å². The number of aromatic nitrogens is 1. The summed E-state index contributed by atoms with van der Waals surface area (Å²) in [4.78, 5) is 31.3. The van der Waals surface area contributed by atoms with E-state index in [-0.39, 0.29) is 36.3 Å². The predicted molar refractivity (Wildman–Crippen MR) is 117 cm³/mol. The van der Waals surface area contributed by atoms with Gasteiger partial charge in [-0.3, -0.25) is 9.59 Å². The van der Waals surface area contributed by atoms with Gasteiger partial charge in [0.2, 0.25) is 17.7 Å². The Balaban J connectivity index is 1.26. The molecule has 2 aliphatic rings. The Morgan fingerprint density at radius 1 is 1.16 bits per heavy atom. The van der Waals surface area contributed by atoms with Crippen LogP contribution in [0.25, 0.3) is 0 Å². The molecule has 1 unspecified atom stereocenters. The first-order valence-electron chi connectivity index (χ1n) is 10.9. The van der Waals surface area contributed by atoms with Crippen LogP contribution in [-0.4, -0.2) is 42.6 Å². The number of nitrogens with one attached hydrogen (secondary N) is 1. The van der Waals surface area contributed by atoms with Crippen molar-refractivity contribution in [3.63, 3.8) is 0 Å². The van der Waals surface area contributed by atoms with Crippen molar-refractivity contribution in [3.05, 3.63) is 48.2 Å². The number of anilines is 1. The summed E-state index contributed by atoms with van der Waals surface area (Å²) < 4.78 is 11.2. The van der Waals surface area contributed by atoms with Gasteiger partial charge in [-0.2, -0.15) is 0 Å². The van der Waals surface area contributed by atoms with Crippen LogP contribution >= 0.6 is 0 Å². The van der Waals surface area contributed by atoms with Gasteiger partial charge >= 0.3 is 0 Å². The highest BCUT2D eigenvalue weighted by Crippen LogP contribution is 2.29. The molecule has 164 valence electrons. The van der Waals surface area contributed by atoms with Crippen LogP contribution in [0.5, 0.6) is 11.6 Å². The minimum atomic E-state index is -0.329. The number of benzene rings is 1. The van der Waals surface area contributed by atoms with Gasteiger partial charge in [-0.1, -0.05) is 12.1 Å². The van der Waals surface area contributed by atoms with Crippen molar-refractivity contribution in [3.8, 4) is 11.6 Å². The van der Waals surface area contributed by atoms with Crippen LogP contribution in [0.3, 0.4) is 0 Å². The van der Waals surface area contributed by atoms with Crippen LogP contribution in [0.2, 0.25) is 0 Å². The van der Waals surface area contributed by atoms with E-state index in [9.17, 15) is 9.59 Å². The predicted octanol–water partition coefficient (Wildman–Crippen LogP) is 3.26. The van der Waals surface area contributed by atoms with Gasteiger partial charge in [0.15, 0.2) is 0 Å². The molecule has 0 spiro atoms. The molecule has 0 bridgehead atoms. The van der Waals surface area contributed by atoms with E-state index < -0.39 is 0 Å². The van der Waals surface area contributed by atoms with Crippen LogP contribution in [0.4, 0.5) is 5.69 Å². The molecule has 1 aromatic heterocycles. The maximum absolute atomic E-state index is 12.8. The molecule has 0 radical (unpaired) electrons. The topological polar surface area (TPSA) is 80.8 Å². The molecule has 2 fully saturated rings. The van der Waals surface area contributed by atoms with Crippen molar-refractivity contribution < 1.29 is 19.1 Å².